The highest BCUT2D eigenvalue weighted by molar-refractivity contribution is 6.30. The topological polar surface area (TPSA) is 47.3 Å². The number of nitrogens with zero attached hydrogens (tertiary/aromatic N) is 3. The van der Waals surface area contributed by atoms with Gasteiger partial charge in [-0.15, -0.1) is 0 Å². The molecule has 1 aromatic carbocycles. The van der Waals surface area contributed by atoms with Gasteiger partial charge in [-0.2, -0.15) is 9.61 Å². The fraction of sp³-hybridized carbons (Fsp3) is 0.133. The lowest BCUT2D eigenvalue weighted by molar-refractivity contribution is 0.145. The Morgan fingerprint density at radius 1 is 1.17 bits per heavy atom. The number of fused-ring (bicyclic) bond motifs is 1. The highest BCUT2D eigenvalue weighted by Crippen LogP contribution is 2.30. The van der Waals surface area contributed by atoms with E-state index in [0.717, 1.165) is 10.6 Å². The second kappa shape index (κ2) is 6.07. The molecule has 0 N–H and O–H groups in total. The van der Waals surface area contributed by atoms with E-state index >= 15 is 0 Å². The minimum atomic E-state index is -2.96. The molecule has 24 heavy (non-hydrogen) atoms. The Labute approximate surface area is 143 Å². The first kappa shape index (κ1) is 16.7. The third-order valence-electron chi connectivity index (χ3n) is 3.45. The fourth-order valence-electron chi connectivity index (χ4n) is 2.30. The summed E-state index contributed by atoms with van der Waals surface area (Å²) >= 11 is 11.6. The molecule has 9 heteroatoms. The van der Waals surface area contributed by atoms with E-state index in [2.05, 4.69) is 10.1 Å². The highest BCUT2D eigenvalue weighted by Gasteiger charge is 2.21. The van der Waals surface area contributed by atoms with Gasteiger partial charge in [0.05, 0.1) is 0 Å². The molecule has 0 aliphatic rings. The van der Waals surface area contributed by atoms with Gasteiger partial charge in [0, 0.05) is 21.7 Å². The second-order valence-electron chi connectivity index (χ2n) is 4.97. The molecule has 0 bridgehead atoms. The lowest BCUT2D eigenvalue weighted by Gasteiger charge is -2.11. The molecule has 0 aliphatic carbocycles. The van der Waals surface area contributed by atoms with Crippen LogP contribution in [0.2, 0.25) is 10.2 Å². The zero-order valence-electron chi connectivity index (χ0n) is 12.0. The molecule has 0 unspecified atom stereocenters. The number of alkyl halides is 2. The Bertz CT molecular complexity index is 1020. The van der Waals surface area contributed by atoms with Crippen LogP contribution in [-0.2, 0) is 0 Å². The summed E-state index contributed by atoms with van der Waals surface area (Å²) in [4.78, 5) is 16.1. The van der Waals surface area contributed by atoms with Crippen molar-refractivity contribution in [3.63, 3.8) is 0 Å². The van der Waals surface area contributed by atoms with E-state index in [4.69, 9.17) is 23.2 Å². The van der Waals surface area contributed by atoms with Gasteiger partial charge in [0.25, 0.3) is 12.0 Å². The summed E-state index contributed by atoms with van der Waals surface area (Å²) in [5, 5.41) is 3.83. The monoisotopic (exact) mass is 373 g/mol. The van der Waals surface area contributed by atoms with E-state index in [1.165, 1.54) is 25.1 Å². The van der Waals surface area contributed by atoms with Crippen molar-refractivity contribution in [2.24, 2.45) is 0 Å². The molecule has 0 fully saturated rings. The van der Waals surface area contributed by atoms with Gasteiger partial charge >= 0.3 is 0 Å². The number of rotatable bonds is 2. The molecule has 2 aromatic heterocycles. The maximum absolute atomic E-state index is 14.2. The Hall–Kier alpha value is -2.12. The summed E-state index contributed by atoms with van der Waals surface area (Å²) in [6.07, 6.45) is -2.96. The quantitative estimate of drug-likeness (QED) is 0.666. The predicted molar refractivity (Wildman–Crippen MR) is 84.4 cm³/mol. The van der Waals surface area contributed by atoms with Gasteiger partial charge in [-0.25, -0.2) is 18.2 Å². The van der Waals surface area contributed by atoms with Crippen molar-refractivity contribution in [2.75, 3.05) is 0 Å². The number of halogens is 5. The molecule has 0 amide bonds. The summed E-state index contributed by atoms with van der Waals surface area (Å²) < 4.78 is 41.3. The average molecular weight is 374 g/mol. The lowest BCUT2D eigenvalue weighted by Crippen LogP contribution is -2.23. The zero-order valence-corrected chi connectivity index (χ0v) is 13.5. The first-order valence-corrected chi connectivity index (χ1v) is 7.39. The van der Waals surface area contributed by atoms with Crippen LogP contribution in [0.4, 0.5) is 13.2 Å². The van der Waals surface area contributed by atoms with Crippen LogP contribution in [0.3, 0.4) is 0 Å². The van der Waals surface area contributed by atoms with Crippen LogP contribution in [0.25, 0.3) is 16.8 Å². The number of hydrogen-bond acceptors (Lipinski definition) is 3. The molecular formula is C15H8Cl2F3N3O. The first-order chi connectivity index (χ1) is 11.3. The SMILES string of the molecule is Cc1c(C(F)F)nc2c(-c3ccc(Cl)cc3F)cc(Cl)nn2c1=O. The van der Waals surface area contributed by atoms with Gasteiger partial charge in [0.15, 0.2) is 10.8 Å². The van der Waals surface area contributed by atoms with Crippen LogP contribution >= 0.6 is 23.2 Å². The van der Waals surface area contributed by atoms with Gasteiger partial charge in [-0.05, 0) is 31.2 Å². The normalized spacial score (nSPS) is 11.5. The van der Waals surface area contributed by atoms with E-state index in [9.17, 15) is 18.0 Å². The Morgan fingerprint density at radius 2 is 1.88 bits per heavy atom. The van der Waals surface area contributed by atoms with Crippen molar-refractivity contribution in [3.05, 3.63) is 61.9 Å². The van der Waals surface area contributed by atoms with Gasteiger partial charge in [0.1, 0.15) is 11.5 Å². The molecule has 0 radical (unpaired) electrons. The molecule has 0 spiro atoms. The summed E-state index contributed by atoms with van der Waals surface area (Å²) in [6.45, 7) is 1.22. The maximum Gasteiger partial charge on any atom is 0.280 e. The third-order valence-corrected chi connectivity index (χ3v) is 3.87. The Balaban J connectivity index is 2.46. The van der Waals surface area contributed by atoms with E-state index in [1.807, 2.05) is 0 Å². The molecule has 4 nitrogen and oxygen atoms in total. The van der Waals surface area contributed by atoms with Gasteiger partial charge in [-0.1, -0.05) is 23.2 Å². The third kappa shape index (κ3) is 2.74. The van der Waals surface area contributed by atoms with Gasteiger partial charge in [-0.3, -0.25) is 4.79 Å². The van der Waals surface area contributed by atoms with E-state index in [-0.39, 0.29) is 32.5 Å². The number of benzene rings is 1. The van der Waals surface area contributed by atoms with Crippen molar-refractivity contribution in [1.29, 1.82) is 0 Å². The predicted octanol–water partition coefficient (Wildman–Crippen LogP) is 4.45. The molecule has 0 aliphatic heterocycles. The summed E-state index contributed by atoms with van der Waals surface area (Å²) in [6, 6.07) is 5.07. The van der Waals surface area contributed by atoms with Crippen molar-refractivity contribution in [2.45, 2.75) is 13.3 Å². The summed E-state index contributed by atoms with van der Waals surface area (Å²) in [7, 11) is 0. The van der Waals surface area contributed by atoms with Crippen molar-refractivity contribution >= 4 is 28.8 Å². The van der Waals surface area contributed by atoms with Crippen LogP contribution in [0, 0.1) is 12.7 Å². The molecule has 2 heterocycles. The van der Waals surface area contributed by atoms with Crippen LogP contribution < -0.4 is 5.56 Å². The van der Waals surface area contributed by atoms with E-state index in [1.54, 1.807) is 0 Å². The van der Waals surface area contributed by atoms with Crippen LogP contribution in [0.1, 0.15) is 17.7 Å². The maximum atomic E-state index is 14.2. The molecule has 0 atom stereocenters. The minimum Gasteiger partial charge on any atom is -0.267 e. The minimum absolute atomic E-state index is 0.0113. The summed E-state index contributed by atoms with van der Waals surface area (Å²) in [5.74, 6) is -0.708. The lowest BCUT2D eigenvalue weighted by atomic mass is 10.1. The molecule has 0 saturated carbocycles. The van der Waals surface area contributed by atoms with Gasteiger partial charge < -0.3 is 0 Å². The van der Waals surface area contributed by atoms with Crippen LogP contribution in [-0.4, -0.2) is 14.6 Å². The molecule has 3 aromatic rings. The zero-order chi connectivity index (χ0) is 17.6. The summed E-state index contributed by atoms with van der Waals surface area (Å²) in [5.41, 5.74) is -1.88. The van der Waals surface area contributed by atoms with Crippen LogP contribution in [0.15, 0.2) is 29.1 Å². The number of hydrogen-bond donors (Lipinski definition) is 0. The van der Waals surface area contributed by atoms with Crippen molar-refractivity contribution in [1.82, 2.24) is 14.6 Å². The smallest absolute Gasteiger partial charge is 0.267 e. The second-order valence-corrected chi connectivity index (χ2v) is 5.79. The Morgan fingerprint density at radius 3 is 2.50 bits per heavy atom. The average Bonchev–Trinajstić information content (AvgIpc) is 2.50. The van der Waals surface area contributed by atoms with Gasteiger partial charge in [0.2, 0.25) is 0 Å². The molecule has 3 rings (SSSR count). The van der Waals surface area contributed by atoms with Crippen molar-refractivity contribution in [3.8, 4) is 11.1 Å². The highest BCUT2D eigenvalue weighted by atomic mass is 35.5. The standard InChI is InChI=1S/C15H8Cl2F3N3O/c1-6-12(13(19)20)21-14-9(5-11(17)22-23(14)15(6)24)8-3-2-7(16)4-10(8)18/h2-5,13H,1H3. The number of aromatic nitrogens is 3. The largest absolute Gasteiger partial charge is 0.280 e. The van der Waals surface area contributed by atoms with Crippen molar-refractivity contribution < 1.29 is 13.2 Å². The first-order valence-electron chi connectivity index (χ1n) is 6.63. The van der Waals surface area contributed by atoms with E-state index < -0.39 is 23.5 Å². The molecule has 124 valence electrons. The fourth-order valence-corrected chi connectivity index (χ4v) is 2.65. The Kier molecular flexibility index (Phi) is 4.23. The molecule has 0 saturated heterocycles. The molecular weight excluding hydrogens is 366 g/mol. The van der Waals surface area contributed by atoms with Crippen LogP contribution in [0.5, 0.6) is 0 Å². The van der Waals surface area contributed by atoms with E-state index in [0.29, 0.717) is 0 Å².